The van der Waals surface area contributed by atoms with Crippen molar-refractivity contribution in [1.82, 2.24) is 20.1 Å². The quantitative estimate of drug-likeness (QED) is 0.888. The first-order valence-electron chi connectivity index (χ1n) is 8.78. The molecule has 1 saturated heterocycles. The second-order valence-corrected chi connectivity index (χ2v) is 6.92. The molecule has 1 aliphatic rings. The minimum atomic E-state index is -0.167. The van der Waals surface area contributed by atoms with Crippen LogP contribution in [0.5, 0.6) is 0 Å². The zero-order valence-corrected chi connectivity index (χ0v) is 15.2. The van der Waals surface area contributed by atoms with Gasteiger partial charge in [0.25, 0.3) is 5.91 Å². The number of hydrogen-bond donors (Lipinski definition) is 2. The van der Waals surface area contributed by atoms with Gasteiger partial charge in [0.05, 0.1) is 0 Å². The van der Waals surface area contributed by atoms with E-state index in [0.29, 0.717) is 18.7 Å². The standard InChI is InChI=1S/C19H26N4O2/c1-13-10-14(2)15-12-17(21-16(15)11-13)19(25)20-5-4-18(24)23-8-6-22(3)7-9-23/h10-12,21H,4-9H2,1-3H3,(H,20,25). The fraction of sp³-hybridized carbons (Fsp3) is 0.474. The van der Waals surface area contributed by atoms with Gasteiger partial charge in [-0.15, -0.1) is 0 Å². The van der Waals surface area contributed by atoms with Crippen molar-refractivity contribution in [1.29, 1.82) is 0 Å². The molecule has 2 heterocycles. The van der Waals surface area contributed by atoms with Crippen molar-refractivity contribution in [3.8, 4) is 0 Å². The van der Waals surface area contributed by atoms with E-state index in [2.05, 4.69) is 28.3 Å². The van der Waals surface area contributed by atoms with E-state index in [1.807, 2.05) is 30.9 Å². The minimum Gasteiger partial charge on any atom is -0.351 e. The maximum atomic E-state index is 12.3. The van der Waals surface area contributed by atoms with Gasteiger partial charge in [0.15, 0.2) is 0 Å². The number of amides is 2. The average molecular weight is 342 g/mol. The highest BCUT2D eigenvalue weighted by molar-refractivity contribution is 5.99. The Bertz CT molecular complexity index is 788. The third-order valence-electron chi connectivity index (χ3n) is 4.81. The highest BCUT2D eigenvalue weighted by atomic mass is 16.2. The Hall–Kier alpha value is -2.34. The monoisotopic (exact) mass is 342 g/mol. The second-order valence-electron chi connectivity index (χ2n) is 6.92. The molecule has 3 rings (SSSR count). The van der Waals surface area contributed by atoms with E-state index in [0.717, 1.165) is 48.2 Å². The molecule has 0 saturated carbocycles. The van der Waals surface area contributed by atoms with Crippen LogP contribution in [0.4, 0.5) is 0 Å². The molecule has 25 heavy (non-hydrogen) atoms. The van der Waals surface area contributed by atoms with Crippen LogP contribution in [0.15, 0.2) is 18.2 Å². The van der Waals surface area contributed by atoms with Crippen LogP contribution in [0.25, 0.3) is 10.9 Å². The van der Waals surface area contributed by atoms with Gasteiger partial charge in [0, 0.05) is 50.0 Å². The summed E-state index contributed by atoms with van der Waals surface area (Å²) in [6.45, 7) is 7.79. The third-order valence-corrected chi connectivity index (χ3v) is 4.81. The largest absolute Gasteiger partial charge is 0.351 e. The summed E-state index contributed by atoms with van der Waals surface area (Å²) in [7, 11) is 2.06. The number of nitrogens with one attached hydrogen (secondary N) is 2. The number of benzene rings is 1. The van der Waals surface area contributed by atoms with E-state index in [1.165, 1.54) is 0 Å². The van der Waals surface area contributed by atoms with Gasteiger partial charge in [-0.25, -0.2) is 0 Å². The highest BCUT2D eigenvalue weighted by Crippen LogP contribution is 2.21. The predicted octanol–water partition coefficient (Wildman–Crippen LogP) is 1.68. The summed E-state index contributed by atoms with van der Waals surface area (Å²) in [4.78, 5) is 31.8. The lowest BCUT2D eigenvalue weighted by molar-refractivity contribution is -0.132. The molecule has 1 aliphatic heterocycles. The molecule has 2 amide bonds. The molecular formula is C19H26N4O2. The van der Waals surface area contributed by atoms with E-state index >= 15 is 0 Å². The molecule has 1 aromatic heterocycles. The lowest BCUT2D eigenvalue weighted by Gasteiger charge is -2.32. The van der Waals surface area contributed by atoms with Crippen molar-refractivity contribution in [2.24, 2.45) is 0 Å². The Morgan fingerprint density at radius 3 is 2.56 bits per heavy atom. The first kappa shape index (κ1) is 17.5. The van der Waals surface area contributed by atoms with Crippen LogP contribution in [-0.4, -0.2) is 66.4 Å². The first-order chi connectivity index (χ1) is 11.9. The van der Waals surface area contributed by atoms with Gasteiger partial charge in [-0.2, -0.15) is 0 Å². The third kappa shape index (κ3) is 4.02. The molecule has 2 aromatic rings. The average Bonchev–Trinajstić information content (AvgIpc) is 2.99. The number of carbonyl (C=O) groups is 2. The van der Waals surface area contributed by atoms with Crippen LogP contribution in [0.3, 0.4) is 0 Å². The van der Waals surface area contributed by atoms with Gasteiger partial charge in [0.2, 0.25) is 5.91 Å². The molecule has 134 valence electrons. The molecule has 0 spiro atoms. The van der Waals surface area contributed by atoms with Crippen molar-refractivity contribution < 1.29 is 9.59 Å². The molecule has 1 aromatic carbocycles. The van der Waals surface area contributed by atoms with E-state index in [4.69, 9.17) is 0 Å². The van der Waals surface area contributed by atoms with E-state index < -0.39 is 0 Å². The van der Waals surface area contributed by atoms with Gasteiger partial charge in [-0.1, -0.05) is 6.07 Å². The summed E-state index contributed by atoms with van der Waals surface area (Å²) < 4.78 is 0. The van der Waals surface area contributed by atoms with Crippen LogP contribution in [0.1, 0.15) is 28.0 Å². The number of likely N-dealkylation sites (N-methyl/N-ethyl adjacent to an activating group) is 1. The minimum absolute atomic E-state index is 0.108. The highest BCUT2D eigenvalue weighted by Gasteiger charge is 2.19. The van der Waals surface area contributed by atoms with Crippen molar-refractivity contribution >= 4 is 22.7 Å². The smallest absolute Gasteiger partial charge is 0.267 e. The summed E-state index contributed by atoms with van der Waals surface area (Å²) in [5.41, 5.74) is 3.82. The summed E-state index contributed by atoms with van der Waals surface area (Å²) in [6.07, 6.45) is 0.341. The SMILES string of the molecule is Cc1cc(C)c2cc(C(=O)NCCC(=O)N3CCN(C)CC3)[nH]c2c1. The molecular weight excluding hydrogens is 316 g/mol. The van der Waals surface area contributed by atoms with Crippen molar-refractivity contribution in [3.05, 3.63) is 35.0 Å². The molecule has 6 nitrogen and oxygen atoms in total. The zero-order valence-electron chi connectivity index (χ0n) is 15.2. The number of piperazine rings is 1. The summed E-state index contributed by atoms with van der Waals surface area (Å²) >= 11 is 0. The van der Waals surface area contributed by atoms with Crippen molar-refractivity contribution in [3.63, 3.8) is 0 Å². The lowest BCUT2D eigenvalue weighted by atomic mass is 10.1. The molecule has 0 atom stereocenters. The van der Waals surface area contributed by atoms with Gasteiger partial charge < -0.3 is 20.1 Å². The van der Waals surface area contributed by atoms with Crippen molar-refractivity contribution in [2.75, 3.05) is 39.8 Å². The van der Waals surface area contributed by atoms with E-state index in [9.17, 15) is 9.59 Å². The zero-order chi connectivity index (χ0) is 18.0. The van der Waals surface area contributed by atoms with E-state index in [-0.39, 0.29) is 11.8 Å². The fourth-order valence-corrected chi connectivity index (χ4v) is 3.31. The molecule has 1 fully saturated rings. The van der Waals surface area contributed by atoms with Crippen LogP contribution < -0.4 is 5.32 Å². The maximum Gasteiger partial charge on any atom is 0.267 e. The summed E-state index contributed by atoms with van der Waals surface area (Å²) in [5.74, 6) is -0.0593. The van der Waals surface area contributed by atoms with Gasteiger partial charge in [0.1, 0.15) is 5.69 Å². The van der Waals surface area contributed by atoms with Gasteiger partial charge in [-0.05, 0) is 44.2 Å². The summed E-state index contributed by atoms with van der Waals surface area (Å²) in [6, 6.07) is 6.02. The Morgan fingerprint density at radius 1 is 1.12 bits per heavy atom. The topological polar surface area (TPSA) is 68.4 Å². The second kappa shape index (κ2) is 7.27. The number of aromatic nitrogens is 1. The van der Waals surface area contributed by atoms with E-state index in [1.54, 1.807) is 0 Å². The van der Waals surface area contributed by atoms with Crippen LogP contribution in [0.2, 0.25) is 0 Å². The summed E-state index contributed by atoms with van der Waals surface area (Å²) in [5, 5.41) is 3.90. The van der Waals surface area contributed by atoms with Crippen LogP contribution in [-0.2, 0) is 4.79 Å². The Morgan fingerprint density at radius 2 is 1.84 bits per heavy atom. The Balaban J connectivity index is 1.54. The lowest BCUT2D eigenvalue weighted by Crippen LogP contribution is -2.47. The molecule has 0 radical (unpaired) electrons. The van der Waals surface area contributed by atoms with Crippen LogP contribution >= 0.6 is 0 Å². The van der Waals surface area contributed by atoms with Gasteiger partial charge >= 0.3 is 0 Å². The number of rotatable bonds is 4. The van der Waals surface area contributed by atoms with Crippen molar-refractivity contribution in [2.45, 2.75) is 20.3 Å². The normalized spacial score (nSPS) is 15.6. The molecule has 0 unspecified atom stereocenters. The molecule has 2 N–H and O–H groups in total. The number of hydrogen-bond acceptors (Lipinski definition) is 3. The molecule has 0 bridgehead atoms. The van der Waals surface area contributed by atoms with Crippen LogP contribution in [0, 0.1) is 13.8 Å². The number of H-pyrrole nitrogens is 1. The van der Waals surface area contributed by atoms with Gasteiger partial charge in [-0.3, -0.25) is 9.59 Å². The Kier molecular flexibility index (Phi) is 5.08. The molecule has 6 heteroatoms. The molecule has 0 aliphatic carbocycles. The number of fused-ring (bicyclic) bond motifs is 1. The fourth-order valence-electron chi connectivity index (χ4n) is 3.31. The number of nitrogens with zero attached hydrogens (tertiary/aromatic N) is 2. The maximum absolute atomic E-state index is 12.3. The number of aromatic amines is 1. The number of carbonyl (C=O) groups excluding carboxylic acids is 2. The Labute approximate surface area is 148 Å². The first-order valence-corrected chi connectivity index (χ1v) is 8.78. The number of aryl methyl sites for hydroxylation is 2. The predicted molar refractivity (Wildman–Crippen MR) is 98.8 cm³/mol.